The summed E-state index contributed by atoms with van der Waals surface area (Å²) < 4.78 is 10.6. The topological polar surface area (TPSA) is 47.6 Å². The number of benzene rings is 1. The third-order valence-corrected chi connectivity index (χ3v) is 4.39. The summed E-state index contributed by atoms with van der Waals surface area (Å²) in [7, 11) is 0. The summed E-state index contributed by atoms with van der Waals surface area (Å²) >= 11 is 0. The van der Waals surface area contributed by atoms with Crippen molar-refractivity contribution in [3.8, 4) is 11.5 Å². The average Bonchev–Trinajstić information content (AvgIpc) is 2.99. The minimum atomic E-state index is 0.151. The molecular formula is C17H23NO3. The average molecular weight is 289 g/mol. The summed E-state index contributed by atoms with van der Waals surface area (Å²) in [5, 5.41) is 3.08. The van der Waals surface area contributed by atoms with Gasteiger partial charge in [-0.25, -0.2) is 0 Å². The Hall–Kier alpha value is -1.71. The Morgan fingerprint density at radius 2 is 1.95 bits per heavy atom. The van der Waals surface area contributed by atoms with Gasteiger partial charge >= 0.3 is 0 Å². The smallest absolute Gasteiger partial charge is 0.231 e. The van der Waals surface area contributed by atoms with Crippen LogP contribution in [0.4, 0.5) is 0 Å². The van der Waals surface area contributed by atoms with Gasteiger partial charge in [0.1, 0.15) is 0 Å². The minimum Gasteiger partial charge on any atom is -0.454 e. The van der Waals surface area contributed by atoms with E-state index in [1.54, 1.807) is 0 Å². The number of rotatable bonds is 5. The van der Waals surface area contributed by atoms with Crippen molar-refractivity contribution in [3.05, 3.63) is 23.8 Å². The van der Waals surface area contributed by atoms with E-state index in [4.69, 9.17) is 9.47 Å². The highest BCUT2D eigenvalue weighted by Crippen LogP contribution is 2.32. The van der Waals surface area contributed by atoms with Gasteiger partial charge in [0, 0.05) is 13.0 Å². The van der Waals surface area contributed by atoms with Crippen LogP contribution in [0.5, 0.6) is 11.5 Å². The number of hydrogen-bond donors (Lipinski definition) is 1. The molecule has 4 nitrogen and oxygen atoms in total. The number of carbonyl (C=O) groups is 1. The zero-order valence-corrected chi connectivity index (χ0v) is 12.4. The molecule has 1 amide bonds. The highest BCUT2D eigenvalue weighted by Gasteiger charge is 2.15. The van der Waals surface area contributed by atoms with Gasteiger partial charge in [-0.1, -0.05) is 25.3 Å². The summed E-state index contributed by atoms with van der Waals surface area (Å²) in [6, 6.07) is 5.89. The molecule has 0 aromatic heterocycles. The van der Waals surface area contributed by atoms with Gasteiger partial charge in [-0.3, -0.25) is 4.79 Å². The summed E-state index contributed by atoms with van der Waals surface area (Å²) in [5.74, 6) is 2.42. The Balaban J connectivity index is 1.41. The van der Waals surface area contributed by atoms with E-state index in [0.717, 1.165) is 30.0 Å². The summed E-state index contributed by atoms with van der Waals surface area (Å²) in [5.41, 5.74) is 1.12. The first-order chi connectivity index (χ1) is 10.3. The molecule has 1 heterocycles. The zero-order valence-electron chi connectivity index (χ0n) is 12.4. The Morgan fingerprint density at radius 1 is 1.14 bits per heavy atom. The van der Waals surface area contributed by atoms with Gasteiger partial charge in [-0.2, -0.15) is 0 Å². The van der Waals surface area contributed by atoms with Gasteiger partial charge < -0.3 is 14.8 Å². The van der Waals surface area contributed by atoms with Crippen LogP contribution in [0, 0.1) is 5.92 Å². The van der Waals surface area contributed by atoms with E-state index >= 15 is 0 Å². The molecule has 1 fully saturated rings. The van der Waals surface area contributed by atoms with E-state index in [-0.39, 0.29) is 5.91 Å². The molecule has 21 heavy (non-hydrogen) atoms. The standard InChI is InChI=1S/C17H23NO3/c19-17(18-11-14-4-2-1-3-5-14)9-7-13-6-8-15-16(10-13)21-12-20-15/h6,8,10,14H,1-5,7,9,11-12H2,(H,18,19). The lowest BCUT2D eigenvalue weighted by Gasteiger charge is -2.21. The molecule has 3 rings (SSSR count). The lowest BCUT2D eigenvalue weighted by molar-refractivity contribution is -0.121. The van der Waals surface area contributed by atoms with E-state index in [9.17, 15) is 4.79 Å². The SMILES string of the molecule is O=C(CCc1ccc2c(c1)OCO2)NCC1CCCCC1. The maximum atomic E-state index is 11.9. The third kappa shape index (κ3) is 3.90. The molecule has 0 saturated heterocycles. The van der Waals surface area contributed by atoms with Crippen LogP contribution < -0.4 is 14.8 Å². The lowest BCUT2D eigenvalue weighted by atomic mass is 9.89. The van der Waals surface area contributed by atoms with Gasteiger partial charge in [0.2, 0.25) is 12.7 Å². The van der Waals surface area contributed by atoms with Crippen LogP contribution >= 0.6 is 0 Å². The van der Waals surface area contributed by atoms with Crippen molar-refractivity contribution < 1.29 is 14.3 Å². The van der Waals surface area contributed by atoms with Crippen molar-refractivity contribution in [1.29, 1.82) is 0 Å². The van der Waals surface area contributed by atoms with Crippen molar-refractivity contribution in [3.63, 3.8) is 0 Å². The number of fused-ring (bicyclic) bond motifs is 1. The fraction of sp³-hybridized carbons (Fsp3) is 0.588. The second kappa shape index (κ2) is 6.83. The van der Waals surface area contributed by atoms with E-state index in [0.29, 0.717) is 19.1 Å². The molecule has 1 aliphatic heterocycles. The third-order valence-electron chi connectivity index (χ3n) is 4.39. The maximum Gasteiger partial charge on any atom is 0.231 e. The van der Waals surface area contributed by atoms with E-state index in [1.807, 2.05) is 18.2 Å². The molecule has 1 aliphatic carbocycles. The van der Waals surface area contributed by atoms with Crippen molar-refractivity contribution in [1.82, 2.24) is 5.32 Å². The molecule has 114 valence electrons. The number of aryl methyl sites for hydroxylation is 1. The van der Waals surface area contributed by atoms with Crippen molar-refractivity contribution in [2.24, 2.45) is 5.92 Å². The number of hydrogen-bond acceptors (Lipinski definition) is 3. The number of ether oxygens (including phenoxy) is 2. The first-order valence-corrected chi connectivity index (χ1v) is 7.96. The summed E-state index contributed by atoms with van der Waals surface area (Å²) in [4.78, 5) is 11.9. The first kappa shape index (κ1) is 14.2. The quantitative estimate of drug-likeness (QED) is 0.906. The van der Waals surface area contributed by atoms with Gasteiger partial charge in [0.15, 0.2) is 11.5 Å². The molecule has 0 radical (unpaired) electrons. The van der Waals surface area contributed by atoms with E-state index in [1.165, 1.54) is 32.1 Å². The fourth-order valence-corrected chi connectivity index (χ4v) is 3.09. The molecular weight excluding hydrogens is 266 g/mol. The first-order valence-electron chi connectivity index (χ1n) is 7.96. The predicted octanol–water partition coefficient (Wildman–Crippen LogP) is 3.04. The van der Waals surface area contributed by atoms with Crippen LogP contribution in [0.1, 0.15) is 44.1 Å². The Kier molecular flexibility index (Phi) is 4.63. The Labute approximate surface area is 125 Å². The second-order valence-corrected chi connectivity index (χ2v) is 6.00. The number of nitrogens with one attached hydrogen (secondary N) is 1. The monoisotopic (exact) mass is 289 g/mol. The zero-order chi connectivity index (χ0) is 14.5. The normalized spacial score (nSPS) is 17.7. The van der Waals surface area contributed by atoms with Gasteiger partial charge in [0.25, 0.3) is 0 Å². The van der Waals surface area contributed by atoms with Crippen molar-refractivity contribution >= 4 is 5.91 Å². The van der Waals surface area contributed by atoms with Gasteiger partial charge in [-0.05, 0) is 42.9 Å². The van der Waals surface area contributed by atoms with Crippen LogP contribution in [0.3, 0.4) is 0 Å². The molecule has 1 N–H and O–H groups in total. The minimum absolute atomic E-state index is 0.151. The van der Waals surface area contributed by atoms with Crippen molar-refractivity contribution in [2.45, 2.75) is 44.9 Å². The molecule has 0 bridgehead atoms. The second-order valence-electron chi connectivity index (χ2n) is 6.00. The highest BCUT2D eigenvalue weighted by molar-refractivity contribution is 5.76. The van der Waals surface area contributed by atoms with Crippen LogP contribution in [0.25, 0.3) is 0 Å². The lowest BCUT2D eigenvalue weighted by Crippen LogP contribution is -2.30. The Morgan fingerprint density at radius 3 is 2.81 bits per heavy atom. The molecule has 0 unspecified atom stereocenters. The predicted molar refractivity (Wildman–Crippen MR) is 80.5 cm³/mol. The number of amides is 1. The molecule has 4 heteroatoms. The summed E-state index contributed by atoms with van der Waals surface area (Å²) in [6.07, 6.45) is 7.80. The molecule has 1 saturated carbocycles. The maximum absolute atomic E-state index is 11.9. The highest BCUT2D eigenvalue weighted by atomic mass is 16.7. The van der Waals surface area contributed by atoms with Gasteiger partial charge in [-0.15, -0.1) is 0 Å². The molecule has 2 aliphatic rings. The van der Waals surface area contributed by atoms with E-state index in [2.05, 4.69) is 5.32 Å². The van der Waals surface area contributed by atoms with Crippen molar-refractivity contribution in [2.75, 3.05) is 13.3 Å². The summed E-state index contributed by atoms with van der Waals surface area (Å²) in [6.45, 7) is 1.14. The Bertz CT molecular complexity index is 495. The van der Waals surface area contributed by atoms with Crippen LogP contribution in [0.2, 0.25) is 0 Å². The largest absolute Gasteiger partial charge is 0.454 e. The molecule has 0 spiro atoms. The molecule has 1 aromatic carbocycles. The van der Waals surface area contributed by atoms with Crippen LogP contribution in [-0.2, 0) is 11.2 Å². The van der Waals surface area contributed by atoms with Crippen LogP contribution in [0.15, 0.2) is 18.2 Å². The van der Waals surface area contributed by atoms with Gasteiger partial charge in [0.05, 0.1) is 0 Å². The van der Waals surface area contributed by atoms with Crippen LogP contribution in [-0.4, -0.2) is 19.2 Å². The van der Waals surface area contributed by atoms with E-state index < -0.39 is 0 Å². The molecule has 0 atom stereocenters. The fourth-order valence-electron chi connectivity index (χ4n) is 3.09. The number of carbonyl (C=O) groups excluding carboxylic acids is 1. The molecule has 1 aromatic rings.